The van der Waals surface area contributed by atoms with Crippen LogP contribution < -0.4 is 5.32 Å². The molecular formula is C16H21NO. The van der Waals surface area contributed by atoms with E-state index in [4.69, 9.17) is 0 Å². The molecule has 1 aromatic rings. The third kappa shape index (κ3) is 1.66. The normalized spacial score (nSPS) is 45.2. The molecule has 0 aromatic heterocycles. The Morgan fingerprint density at radius 3 is 2.28 bits per heavy atom. The monoisotopic (exact) mass is 243 g/mol. The Bertz CT molecular complexity index is 428. The second-order valence-electron chi connectivity index (χ2n) is 6.73. The molecule has 0 heterocycles. The first-order chi connectivity index (χ1) is 8.72. The number of aliphatic hydroxyl groups is 1. The van der Waals surface area contributed by atoms with Gasteiger partial charge in [-0.2, -0.15) is 0 Å². The molecule has 5 rings (SSSR count). The van der Waals surface area contributed by atoms with Crippen molar-refractivity contribution < 1.29 is 5.11 Å². The van der Waals surface area contributed by atoms with Crippen LogP contribution in [0.25, 0.3) is 0 Å². The van der Waals surface area contributed by atoms with Gasteiger partial charge in [0.25, 0.3) is 0 Å². The minimum atomic E-state index is -0.314. The molecule has 0 saturated heterocycles. The molecule has 5 atom stereocenters. The predicted molar refractivity (Wildman–Crippen MR) is 72.4 cm³/mol. The number of rotatable bonds is 2. The van der Waals surface area contributed by atoms with Gasteiger partial charge in [-0.05, 0) is 62.0 Å². The SMILES string of the molecule is OC12CC3C[C@H](C1)C(Nc1ccccc1)[C@@H](C3)C2. The minimum absolute atomic E-state index is 0.314. The first-order valence-corrected chi connectivity index (χ1v) is 7.26. The quantitative estimate of drug-likeness (QED) is 0.836. The highest BCUT2D eigenvalue weighted by Crippen LogP contribution is 2.56. The molecule has 18 heavy (non-hydrogen) atoms. The van der Waals surface area contributed by atoms with Crippen LogP contribution in [-0.2, 0) is 0 Å². The lowest BCUT2D eigenvalue weighted by molar-refractivity contribution is -0.129. The molecule has 2 nitrogen and oxygen atoms in total. The Morgan fingerprint density at radius 2 is 1.67 bits per heavy atom. The second kappa shape index (κ2) is 3.74. The summed E-state index contributed by atoms with van der Waals surface area (Å²) in [5, 5.41) is 14.3. The van der Waals surface area contributed by atoms with E-state index < -0.39 is 0 Å². The van der Waals surface area contributed by atoms with Crippen LogP contribution in [0, 0.1) is 17.8 Å². The Hall–Kier alpha value is -1.02. The molecule has 0 amide bonds. The van der Waals surface area contributed by atoms with E-state index in [0.29, 0.717) is 17.9 Å². The largest absolute Gasteiger partial charge is 0.390 e. The Labute approximate surface area is 108 Å². The van der Waals surface area contributed by atoms with Gasteiger partial charge in [0.1, 0.15) is 0 Å². The maximum Gasteiger partial charge on any atom is 0.0657 e. The van der Waals surface area contributed by atoms with Crippen LogP contribution in [0.1, 0.15) is 32.1 Å². The van der Waals surface area contributed by atoms with Crippen molar-refractivity contribution in [2.45, 2.75) is 43.7 Å². The van der Waals surface area contributed by atoms with Gasteiger partial charge in [0.2, 0.25) is 0 Å². The minimum Gasteiger partial charge on any atom is -0.390 e. The van der Waals surface area contributed by atoms with Gasteiger partial charge in [0.15, 0.2) is 0 Å². The highest BCUT2D eigenvalue weighted by Gasteiger charge is 2.54. The van der Waals surface area contributed by atoms with E-state index in [1.807, 2.05) is 0 Å². The van der Waals surface area contributed by atoms with Gasteiger partial charge in [0.05, 0.1) is 5.60 Å². The van der Waals surface area contributed by atoms with E-state index in [1.165, 1.54) is 18.5 Å². The summed E-state index contributed by atoms with van der Waals surface area (Å²) in [7, 11) is 0. The fourth-order valence-corrected chi connectivity index (χ4v) is 4.94. The van der Waals surface area contributed by atoms with Crippen LogP contribution in [0.5, 0.6) is 0 Å². The van der Waals surface area contributed by atoms with Crippen molar-refractivity contribution in [3.05, 3.63) is 30.3 Å². The van der Waals surface area contributed by atoms with Crippen molar-refractivity contribution in [3.63, 3.8) is 0 Å². The van der Waals surface area contributed by atoms with E-state index in [-0.39, 0.29) is 5.60 Å². The van der Waals surface area contributed by atoms with Crippen molar-refractivity contribution >= 4 is 5.69 Å². The van der Waals surface area contributed by atoms with Crippen LogP contribution in [0.2, 0.25) is 0 Å². The predicted octanol–water partition coefficient (Wildman–Crippen LogP) is 3.04. The first kappa shape index (κ1) is 10.9. The van der Waals surface area contributed by atoms with Gasteiger partial charge in [-0.15, -0.1) is 0 Å². The molecule has 4 fully saturated rings. The number of hydrogen-bond acceptors (Lipinski definition) is 2. The summed E-state index contributed by atoms with van der Waals surface area (Å²) < 4.78 is 0. The topological polar surface area (TPSA) is 32.3 Å². The van der Waals surface area contributed by atoms with Gasteiger partial charge < -0.3 is 10.4 Å². The molecule has 0 spiro atoms. The zero-order valence-corrected chi connectivity index (χ0v) is 10.7. The average molecular weight is 243 g/mol. The van der Waals surface area contributed by atoms with Crippen LogP contribution in [0.3, 0.4) is 0 Å². The third-order valence-electron chi connectivity index (χ3n) is 5.35. The fourth-order valence-electron chi connectivity index (χ4n) is 4.94. The molecule has 4 bridgehead atoms. The van der Waals surface area contributed by atoms with Crippen molar-refractivity contribution in [2.75, 3.05) is 5.32 Å². The Kier molecular flexibility index (Phi) is 2.25. The van der Waals surface area contributed by atoms with E-state index in [2.05, 4.69) is 35.6 Å². The summed E-state index contributed by atoms with van der Waals surface area (Å²) in [4.78, 5) is 0. The second-order valence-corrected chi connectivity index (χ2v) is 6.73. The zero-order chi connectivity index (χ0) is 12.2. The van der Waals surface area contributed by atoms with Crippen LogP contribution >= 0.6 is 0 Å². The lowest BCUT2D eigenvalue weighted by Crippen LogP contribution is -2.58. The van der Waals surface area contributed by atoms with E-state index in [0.717, 1.165) is 25.2 Å². The van der Waals surface area contributed by atoms with E-state index in [1.54, 1.807) is 0 Å². The summed E-state index contributed by atoms with van der Waals surface area (Å²) in [6, 6.07) is 11.1. The lowest BCUT2D eigenvalue weighted by Gasteiger charge is -2.58. The van der Waals surface area contributed by atoms with Gasteiger partial charge in [0, 0.05) is 11.7 Å². The summed E-state index contributed by atoms with van der Waals surface area (Å²) >= 11 is 0. The standard InChI is InChI=1S/C16H21NO/c18-16-8-11-6-12(9-16)15(13(7-11)10-16)17-14-4-2-1-3-5-14/h1-5,11-13,15,17-18H,6-10H2/t11?,12-,13+,15?,16?. The molecule has 1 aromatic carbocycles. The van der Waals surface area contributed by atoms with E-state index in [9.17, 15) is 5.11 Å². The van der Waals surface area contributed by atoms with Crippen LogP contribution in [0.15, 0.2) is 30.3 Å². The fraction of sp³-hybridized carbons (Fsp3) is 0.625. The Balaban J connectivity index is 1.57. The number of benzene rings is 1. The van der Waals surface area contributed by atoms with Crippen molar-refractivity contribution in [1.82, 2.24) is 0 Å². The van der Waals surface area contributed by atoms with Crippen LogP contribution in [-0.4, -0.2) is 16.7 Å². The molecule has 2 heteroatoms. The van der Waals surface area contributed by atoms with Gasteiger partial charge in [-0.3, -0.25) is 0 Å². The molecule has 4 aliphatic rings. The van der Waals surface area contributed by atoms with Crippen molar-refractivity contribution in [1.29, 1.82) is 0 Å². The molecule has 3 unspecified atom stereocenters. The van der Waals surface area contributed by atoms with E-state index >= 15 is 0 Å². The smallest absolute Gasteiger partial charge is 0.0657 e. The summed E-state index contributed by atoms with van der Waals surface area (Å²) in [5.74, 6) is 2.16. The van der Waals surface area contributed by atoms with Crippen molar-refractivity contribution in [3.8, 4) is 0 Å². The number of hydrogen-bond donors (Lipinski definition) is 2. The number of anilines is 1. The van der Waals surface area contributed by atoms with Gasteiger partial charge >= 0.3 is 0 Å². The highest BCUT2D eigenvalue weighted by molar-refractivity contribution is 5.44. The number of nitrogens with one attached hydrogen (secondary N) is 1. The molecule has 0 aliphatic heterocycles. The van der Waals surface area contributed by atoms with Crippen LogP contribution in [0.4, 0.5) is 5.69 Å². The average Bonchev–Trinajstić information content (AvgIpc) is 2.33. The molecule has 0 radical (unpaired) electrons. The lowest BCUT2D eigenvalue weighted by atomic mass is 9.52. The Morgan fingerprint density at radius 1 is 1.00 bits per heavy atom. The highest BCUT2D eigenvalue weighted by atomic mass is 16.3. The molecule has 96 valence electrons. The van der Waals surface area contributed by atoms with Gasteiger partial charge in [-0.1, -0.05) is 18.2 Å². The maximum atomic E-state index is 10.6. The maximum absolute atomic E-state index is 10.6. The first-order valence-electron chi connectivity index (χ1n) is 7.26. The zero-order valence-electron chi connectivity index (χ0n) is 10.7. The molecule has 4 saturated carbocycles. The summed E-state index contributed by atoms with van der Waals surface area (Å²) in [5.41, 5.74) is 0.924. The summed E-state index contributed by atoms with van der Waals surface area (Å²) in [6.45, 7) is 0. The van der Waals surface area contributed by atoms with Gasteiger partial charge in [-0.25, -0.2) is 0 Å². The summed E-state index contributed by atoms with van der Waals surface area (Å²) in [6.07, 6.45) is 5.75. The van der Waals surface area contributed by atoms with Crippen molar-refractivity contribution in [2.24, 2.45) is 17.8 Å². The third-order valence-corrected chi connectivity index (χ3v) is 5.35. The number of para-hydroxylation sites is 1. The molecule has 4 aliphatic carbocycles. The molecular weight excluding hydrogens is 222 g/mol. The molecule has 2 N–H and O–H groups in total.